The third-order valence-corrected chi connectivity index (χ3v) is 5.50. The molecule has 4 heteroatoms. The fourth-order valence-corrected chi connectivity index (χ4v) is 3.79. The summed E-state index contributed by atoms with van der Waals surface area (Å²) in [6.45, 7) is 4.05. The zero-order valence-corrected chi connectivity index (χ0v) is 17.2. The molecule has 2 aromatic rings. The van der Waals surface area contributed by atoms with Crippen LogP contribution in [0.15, 0.2) is 42.5 Å². The number of benzene rings is 2. The molecule has 0 heterocycles. The van der Waals surface area contributed by atoms with Crippen LogP contribution in [0.4, 0.5) is 0 Å². The van der Waals surface area contributed by atoms with Crippen molar-refractivity contribution in [3.63, 3.8) is 0 Å². The second-order valence-corrected chi connectivity index (χ2v) is 7.39. The van der Waals surface area contributed by atoms with Gasteiger partial charge in [-0.3, -0.25) is 4.79 Å². The maximum Gasteiger partial charge on any atom is 0.261 e. The molecule has 0 saturated carbocycles. The van der Waals surface area contributed by atoms with Gasteiger partial charge in [-0.25, -0.2) is 0 Å². The van der Waals surface area contributed by atoms with Crippen molar-refractivity contribution in [2.45, 2.75) is 64.5 Å². The lowest BCUT2D eigenvalue weighted by Gasteiger charge is -2.23. The first-order chi connectivity index (χ1) is 13.6. The van der Waals surface area contributed by atoms with Gasteiger partial charge in [-0.05, 0) is 79.5 Å². The first kappa shape index (κ1) is 20.2. The number of aryl methyl sites for hydroxylation is 2. The quantitative estimate of drug-likeness (QED) is 0.700. The Labute approximate surface area is 168 Å². The molecule has 0 aliphatic heterocycles. The summed E-state index contributed by atoms with van der Waals surface area (Å²) in [6, 6.07) is 14.1. The van der Waals surface area contributed by atoms with Crippen LogP contribution in [-0.2, 0) is 17.6 Å². The van der Waals surface area contributed by atoms with Crippen molar-refractivity contribution in [3.8, 4) is 11.5 Å². The second kappa shape index (κ2) is 9.63. The van der Waals surface area contributed by atoms with Crippen LogP contribution >= 0.6 is 0 Å². The van der Waals surface area contributed by atoms with Crippen molar-refractivity contribution in [1.29, 1.82) is 0 Å². The number of hydrogen-bond donors (Lipinski definition) is 1. The van der Waals surface area contributed by atoms with Gasteiger partial charge >= 0.3 is 0 Å². The highest BCUT2D eigenvalue weighted by molar-refractivity contribution is 5.81. The Bertz CT molecular complexity index is 785. The van der Waals surface area contributed by atoms with Gasteiger partial charge in [0.05, 0.1) is 13.2 Å². The summed E-state index contributed by atoms with van der Waals surface area (Å²) in [5.41, 5.74) is 3.85. The molecule has 1 N–H and O–H groups in total. The first-order valence-electron chi connectivity index (χ1n) is 10.4. The molecule has 0 spiro atoms. The van der Waals surface area contributed by atoms with Crippen LogP contribution in [0.2, 0.25) is 0 Å². The number of fused-ring (bicyclic) bond motifs is 1. The molecule has 28 heavy (non-hydrogen) atoms. The minimum absolute atomic E-state index is 0.0420. The highest BCUT2D eigenvalue weighted by Crippen LogP contribution is 2.26. The molecular formula is C24H31NO3. The number of amides is 1. The van der Waals surface area contributed by atoms with Crippen molar-refractivity contribution in [2.75, 3.05) is 7.11 Å². The fourth-order valence-electron chi connectivity index (χ4n) is 3.79. The van der Waals surface area contributed by atoms with E-state index in [9.17, 15) is 4.79 Å². The summed E-state index contributed by atoms with van der Waals surface area (Å²) in [5, 5.41) is 3.15. The Morgan fingerprint density at radius 3 is 2.29 bits per heavy atom. The first-order valence-corrected chi connectivity index (χ1v) is 10.4. The lowest BCUT2D eigenvalue weighted by Crippen LogP contribution is -2.40. The van der Waals surface area contributed by atoms with Crippen LogP contribution in [-0.4, -0.2) is 19.1 Å². The molecule has 3 rings (SSSR count). The molecule has 0 bridgehead atoms. The van der Waals surface area contributed by atoms with E-state index in [1.165, 1.54) is 24.0 Å². The zero-order chi connectivity index (χ0) is 19.9. The van der Waals surface area contributed by atoms with Gasteiger partial charge in [-0.2, -0.15) is 0 Å². The van der Waals surface area contributed by atoms with Crippen LogP contribution in [0, 0.1) is 0 Å². The SMILES string of the molecule is CC[C@H](Oc1ccc2c(c1)CCCC2)C(=O)N[C@@H](CC)c1ccc(OC)cc1. The average molecular weight is 382 g/mol. The highest BCUT2D eigenvalue weighted by atomic mass is 16.5. The lowest BCUT2D eigenvalue weighted by atomic mass is 9.92. The van der Waals surface area contributed by atoms with Crippen LogP contribution < -0.4 is 14.8 Å². The molecule has 0 unspecified atom stereocenters. The normalized spacial score (nSPS) is 15.2. The average Bonchev–Trinajstić information content (AvgIpc) is 2.75. The topological polar surface area (TPSA) is 47.6 Å². The number of methoxy groups -OCH3 is 1. The van der Waals surface area contributed by atoms with E-state index in [1.807, 2.05) is 37.3 Å². The lowest BCUT2D eigenvalue weighted by molar-refractivity contribution is -0.128. The largest absolute Gasteiger partial charge is 0.497 e. The Kier molecular flexibility index (Phi) is 6.96. The predicted molar refractivity (Wildman–Crippen MR) is 112 cm³/mol. The van der Waals surface area contributed by atoms with Gasteiger partial charge in [0.1, 0.15) is 11.5 Å². The third kappa shape index (κ3) is 4.86. The van der Waals surface area contributed by atoms with E-state index in [0.29, 0.717) is 6.42 Å². The molecule has 2 aromatic carbocycles. The van der Waals surface area contributed by atoms with Crippen molar-refractivity contribution < 1.29 is 14.3 Å². The number of carbonyl (C=O) groups excluding carboxylic acids is 1. The van der Waals surface area contributed by atoms with Crippen molar-refractivity contribution >= 4 is 5.91 Å². The summed E-state index contributed by atoms with van der Waals surface area (Å²) in [5.74, 6) is 1.54. The van der Waals surface area contributed by atoms with E-state index in [0.717, 1.165) is 36.3 Å². The maximum atomic E-state index is 12.9. The van der Waals surface area contributed by atoms with Crippen LogP contribution in [0.5, 0.6) is 11.5 Å². The fraction of sp³-hybridized carbons (Fsp3) is 0.458. The van der Waals surface area contributed by atoms with Gasteiger partial charge < -0.3 is 14.8 Å². The molecule has 2 atom stereocenters. The molecular weight excluding hydrogens is 350 g/mol. The van der Waals surface area contributed by atoms with Gasteiger partial charge in [0.2, 0.25) is 0 Å². The van der Waals surface area contributed by atoms with E-state index in [2.05, 4.69) is 24.4 Å². The molecule has 1 aliphatic rings. The van der Waals surface area contributed by atoms with E-state index in [1.54, 1.807) is 7.11 Å². The maximum absolute atomic E-state index is 12.9. The van der Waals surface area contributed by atoms with Gasteiger partial charge in [0.25, 0.3) is 5.91 Å². The summed E-state index contributed by atoms with van der Waals surface area (Å²) in [7, 11) is 1.65. The van der Waals surface area contributed by atoms with Gasteiger partial charge in [-0.15, -0.1) is 0 Å². The molecule has 1 amide bonds. The van der Waals surface area contributed by atoms with Crippen molar-refractivity contribution in [2.24, 2.45) is 0 Å². The van der Waals surface area contributed by atoms with E-state index in [4.69, 9.17) is 9.47 Å². The Hall–Kier alpha value is -2.49. The highest BCUT2D eigenvalue weighted by Gasteiger charge is 2.22. The summed E-state index contributed by atoms with van der Waals surface area (Å²) in [4.78, 5) is 12.9. The molecule has 0 fully saturated rings. The van der Waals surface area contributed by atoms with E-state index in [-0.39, 0.29) is 11.9 Å². The molecule has 1 aliphatic carbocycles. The summed E-state index contributed by atoms with van der Waals surface area (Å²) < 4.78 is 11.3. The van der Waals surface area contributed by atoms with E-state index >= 15 is 0 Å². The number of hydrogen-bond acceptors (Lipinski definition) is 3. The Morgan fingerprint density at radius 2 is 1.64 bits per heavy atom. The van der Waals surface area contributed by atoms with Crippen LogP contribution in [0.25, 0.3) is 0 Å². The standard InChI is InChI=1S/C24H31NO3/c1-4-22(18-11-13-20(27-3)14-12-18)25-24(26)23(5-2)28-21-15-10-17-8-6-7-9-19(17)16-21/h10-16,22-23H,4-9H2,1-3H3,(H,25,26)/t22-,23-/m0/s1. The molecule has 0 radical (unpaired) electrons. The summed E-state index contributed by atoms with van der Waals surface area (Å²) >= 11 is 0. The smallest absolute Gasteiger partial charge is 0.261 e. The minimum atomic E-state index is -0.492. The monoisotopic (exact) mass is 381 g/mol. The van der Waals surface area contributed by atoms with Crippen LogP contribution in [0.3, 0.4) is 0 Å². The zero-order valence-electron chi connectivity index (χ0n) is 17.2. The number of nitrogens with one attached hydrogen (secondary N) is 1. The number of carbonyl (C=O) groups is 1. The van der Waals surface area contributed by atoms with Gasteiger partial charge in [0.15, 0.2) is 6.10 Å². The number of ether oxygens (including phenoxy) is 2. The van der Waals surface area contributed by atoms with E-state index < -0.39 is 6.10 Å². The third-order valence-electron chi connectivity index (χ3n) is 5.50. The Balaban J connectivity index is 1.66. The molecule has 0 aromatic heterocycles. The Morgan fingerprint density at radius 1 is 0.964 bits per heavy atom. The van der Waals surface area contributed by atoms with Crippen molar-refractivity contribution in [1.82, 2.24) is 5.32 Å². The van der Waals surface area contributed by atoms with Crippen LogP contribution in [0.1, 0.15) is 62.3 Å². The number of rotatable bonds is 8. The molecule has 4 nitrogen and oxygen atoms in total. The van der Waals surface area contributed by atoms with Crippen molar-refractivity contribution in [3.05, 3.63) is 59.2 Å². The van der Waals surface area contributed by atoms with Gasteiger partial charge in [0, 0.05) is 0 Å². The second-order valence-electron chi connectivity index (χ2n) is 7.39. The molecule has 150 valence electrons. The summed E-state index contributed by atoms with van der Waals surface area (Å²) in [6.07, 6.45) is 5.69. The predicted octanol–water partition coefficient (Wildman–Crippen LogP) is 5.00. The minimum Gasteiger partial charge on any atom is -0.497 e. The molecule has 0 saturated heterocycles. The van der Waals surface area contributed by atoms with Gasteiger partial charge in [-0.1, -0.05) is 32.0 Å².